The van der Waals surface area contributed by atoms with Crippen molar-refractivity contribution in [1.29, 1.82) is 0 Å². The zero-order valence-electron chi connectivity index (χ0n) is 13.0. The van der Waals surface area contributed by atoms with Gasteiger partial charge in [-0.2, -0.15) is 4.98 Å². The maximum Gasteiger partial charge on any atom is 0.224 e. The number of hydrogen-bond donors (Lipinski definition) is 1. The Morgan fingerprint density at radius 2 is 1.90 bits per heavy atom. The maximum atomic E-state index is 5.98. The average Bonchev–Trinajstić information content (AvgIpc) is 2.48. The number of aryl methyl sites for hydroxylation is 2. The van der Waals surface area contributed by atoms with Crippen molar-refractivity contribution >= 4 is 5.82 Å². The van der Waals surface area contributed by atoms with Crippen molar-refractivity contribution < 1.29 is 4.74 Å². The molecule has 4 nitrogen and oxygen atoms in total. The van der Waals surface area contributed by atoms with Gasteiger partial charge in [-0.15, -0.1) is 0 Å². The SMILES string of the molecule is CCCc1nc(NCC)cc(Oc2ccccc2CC)n1. The molecule has 0 fully saturated rings. The third-order valence-electron chi connectivity index (χ3n) is 3.15. The molecule has 0 bridgehead atoms. The van der Waals surface area contributed by atoms with Crippen LogP contribution in [0.3, 0.4) is 0 Å². The van der Waals surface area contributed by atoms with E-state index in [-0.39, 0.29) is 0 Å². The van der Waals surface area contributed by atoms with Gasteiger partial charge in [0.1, 0.15) is 17.4 Å². The molecule has 0 unspecified atom stereocenters. The van der Waals surface area contributed by atoms with E-state index in [4.69, 9.17) is 4.74 Å². The molecule has 1 aromatic carbocycles. The summed E-state index contributed by atoms with van der Waals surface area (Å²) in [6.07, 6.45) is 2.80. The minimum Gasteiger partial charge on any atom is -0.439 e. The number of hydrogen-bond acceptors (Lipinski definition) is 4. The van der Waals surface area contributed by atoms with Crippen molar-refractivity contribution in [2.75, 3.05) is 11.9 Å². The van der Waals surface area contributed by atoms with Gasteiger partial charge < -0.3 is 10.1 Å². The summed E-state index contributed by atoms with van der Waals surface area (Å²) in [5.41, 5.74) is 1.18. The fourth-order valence-corrected chi connectivity index (χ4v) is 2.14. The van der Waals surface area contributed by atoms with Crippen molar-refractivity contribution in [2.45, 2.75) is 40.0 Å². The molecule has 1 N–H and O–H groups in total. The number of nitrogens with one attached hydrogen (secondary N) is 1. The maximum absolute atomic E-state index is 5.98. The number of anilines is 1. The Morgan fingerprint density at radius 1 is 1.10 bits per heavy atom. The van der Waals surface area contributed by atoms with Gasteiger partial charge in [0, 0.05) is 19.0 Å². The monoisotopic (exact) mass is 285 g/mol. The summed E-state index contributed by atoms with van der Waals surface area (Å²) >= 11 is 0. The molecule has 4 heteroatoms. The van der Waals surface area contributed by atoms with Gasteiger partial charge in [0.05, 0.1) is 0 Å². The normalized spacial score (nSPS) is 10.4. The van der Waals surface area contributed by atoms with E-state index in [1.165, 1.54) is 5.56 Å². The van der Waals surface area contributed by atoms with Crippen molar-refractivity contribution in [3.8, 4) is 11.6 Å². The van der Waals surface area contributed by atoms with Crippen LogP contribution in [0.2, 0.25) is 0 Å². The number of para-hydroxylation sites is 1. The van der Waals surface area contributed by atoms with Crippen LogP contribution in [0.4, 0.5) is 5.82 Å². The Balaban J connectivity index is 2.29. The molecule has 1 heterocycles. The lowest BCUT2D eigenvalue weighted by molar-refractivity contribution is 0.453. The van der Waals surface area contributed by atoms with Crippen LogP contribution in [0.5, 0.6) is 11.6 Å². The quantitative estimate of drug-likeness (QED) is 0.827. The predicted molar refractivity (Wildman–Crippen MR) is 86.1 cm³/mol. The molecule has 0 aliphatic heterocycles. The van der Waals surface area contributed by atoms with Crippen LogP contribution >= 0.6 is 0 Å². The van der Waals surface area contributed by atoms with E-state index in [2.05, 4.69) is 42.1 Å². The van der Waals surface area contributed by atoms with E-state index in [0.717, 1.165) is 43.2 Å². The summed E-state index contributed by atoms with van der Waals surface area (Å²) in [6.45, 7) is 7.12. The zero-order valence-corrected chi connectivity index (χ0v) is 13.0. The first kappa shape index (κ1) is 15.3. The Labute approximate surface area is 126 Å². The third kappa shape index (κ3) is 4.18. The van der Waals surface area contributed by atoms with Gasteiger partial charge >= 0.3 is 0 Å². The van der Waals surface area contributed by atoms with Crippen LogP contribution in [0.1, 0.15) is 38.6 Å². The lowest BCUT2D eigenvalue weighted by Crippen LogP contribution is -2.05. The Hall–Kier alpha value is -2.10. The molecule has 112 valence electrons. The fourth-order valence-electron chi connectivity index (χ4n) is 2.14. The van der Waals surface area contributed by atoms with Crippen molar-refractivity contribution in [1.82, 2.24) is 9.97 Å². The number of rotatable bonds is 7. The largest absolute Gasteiger partial charge is 0.439 e. The molecule has 0 radical (unpaired) electrons. The van der Waals surface area contributed by atoms with Gasteiger partial charge in [-0.25, -0.2) is 4.98 Å². The van der Waals surface area contributed by atoms with Gasteiger partial charge in [0.2, 0.25) is 5.88 Å². The highest BCUT2D eigenvalue weighted by molar-refractivity contribution is 5.41. The van der Waals surface area contributed by atoms with E-state index in [1.54, 1.807) is 0 Å². The van der Waals surface area contributed by atoms with Gasteiger partial charge in [-0.3, -0.25) is 0 Å². The molecule has 0 aliphatic carbocycles. The molecule has 0 saturated carbocycles. The first-order valence-corrected chi connectivity index (χ1v) is 7.64. The lowest BCUT2D eigenvalue weighted by atomic mass is 10.1. The lowest BCUT2D eigenvalue weighted by Gasteiger charge is -2.11. The highest BCUT2D eigenvalue weighted by Crippen LogP contribution is 2.25. The molecule has 0 atom stereocenters. The van der Waals surface area contributed by atoms with Crippen LogP contribution in [0, 0.1) is 0 Å². The van der Waals surface area contributed by atoms with Crippen LogP contribution in [-0.4, -0.2) is 16.5 Å². The summed E-state index contributed by atoms with van der Waals surface area (Å²) in [5.74, 6) is 3.11. The van der Waals surface area contributed by atoms with Crippen molar-refractivity contribution in [3.63, 3.8) is 0 Å². The Morgan fingerprint density at radius 3 is 2.62 bits per heavy atom. The summed E-state index contributed by atoms with van der Waals surface area (Å²) in [5, 5.41) is 3.23. The van der Waals surface area contributed by atoms with Crippen LogP contribution in [0.15, 0.2) is 30.3 Å². The standard InChI is InChI=1S/C17H23N3O/c1-4-9-15-19-16(18-6-3)12-17(20-15)21-14-11-8-7-10-13(14)5-2/h7-8,10-12H,4-6,9H2,1-3H3,(H,18,19,20). The Bertz CT molecular complexity index is 560. The van der Waals surface area contributed by atoms with E-state index in [1.807, 2.05) is 24.3 Å². The first-order valence-electron chi connectivity index (χ1n) is 7.64. The summed E-state index contributed by atoms with van der Waals surface area (Å²) in [7, 11) is 0. The summed E-state index contributed by atoms with van der Waals surface area (Å²) in [6, 6.07) is 9.92. The molecule has 0 spiro atoms. The molecule has 0 amide bonds. The second-order valence-corrected chi connectivity index (χ2v) is 4.85. The molecule has 21 heavy (non-hydrogen) atoms. The minimum atomic E-state index is 0.602. The first-order chi connectivity index (χ1) is 10.3. The number of aromatic nitrogens is 2. The van der Waals surface area contributed by atoms with Crippen LogP contribution in [-0.2, 0) is 12.8 Å². The fraction of sp³-hybridized carbons (Fsp3) is 0.412. The smallest absolute Gasteiger partial charge is 0.224 e. The molecule has 0 saturated heterocycles. The molecule has 1 aromatic heterocycles. The molecule has 0 aliphatic rings. The van der Waals surface area contributed by atoms with E-state index in [0.29, 0.717) is 5.88 Å². The van der Waals surface area contributed by atoms with Gasteiger partial charge in [-0.05, 0) is 31.4 Å². The number of nitrogens with zero attached hydrogens (tertiary/aromatic N) is 2. The molecular weight excluding hydrogens is 262 g/mol. The predicted octanol–water partition coefficient (Wildman–Crippen LogP) is 4.22. The number of benzene rings is 1. The summed E-state index contributed by atoms with van der Waals surface area (Å²) < 4.78 is 5.98. The average molecular weight is 285 g/mol. The van der Waals surface area contributed by atoms with Crippen molar-refractivity contribution in [3.05, 3.63) is 41.7 Å². The third-order valence-corrected chi connectivity index (χ3v) is 3.15. The van der Waals surface area contributed by atoms with Crippen molar-refractivity contribution in [2.24, 2.45) is 0 Å². The minimum absolute atomic E-state index is 0.602. The summed E-state index contributed by atoms with van der Waals surface area (Å²) in [4.78, 5) is 9.00. The van der Waals surface area contributed by atoms with Gasteiger partial charge in [-0.1, -0.05) is 32.0 Å². The van der Waals surface area contributed by atoms with Gasteiger partial charge in [0.25, 0.3) is 0 Å². The van der Waals surface area contributed by atoms with E-state index >= 15 is 0 Å². The van der Waals surface area contributed by atoms with E-state index in [9.17, 15) is 0 Å². The van der Waals surface area contributed by atoms with Gasteiger partial charge in [0.15, 0.2) is 0 Å². The molecule has 2 aromatic rings. The second kappa shape index (κ2) is 7.62. The second-order valence-electron chi connectivity index (χ2n) is 4.85. The van der Waals surface area contributed by atoms with Crippen LogP contribution in [0.25, 0.3) is 0 Å². The highest BCUT2D eigenvalue weighted by atomic mass is 16.5. The molecular formula is C17H23N3O. The molecule has 2 rings (SSSR count). The number of ether oxygens (including phenoxy) is 1. The topological polar surface area (TPSA) is 47.0 Å². The zero-order chi connectivity index (χ0) is 15.1. The van der Waals surface area contributed by atoms with Crippen LogP contribution < -0.4 is 10.1 Å². The van der Waals surface area contributed by atoms with E-state index < -0.39 is 0 Å². The Kier molecular flexibility index (Phi) is 5.55. The highest BCUT2D eigenvalue weighted by Gasteiger charge is 2.08.